The number of carbonyl (C=O) groups excluding carboxylic acids is 1. The molecule has 3 aromatic rings. The largest absolute Gasteiger partial charge is 0.331 e. The molecule has 0 radical (unpaired) electrons. The van der Waals surface area contributed by atoms with E-state index in [2.05, 4.69) is 52.3 Å². The van der Waals surface area contributed by atoms with Gasteiger partial charge in [0.2, 0.25) is 0 Å². The van der Waals surface area contributed by atoms with Crippen LogP contribution in [0.2, 0.25) is 0 Å². The molecule has 0 aliphatic carbocycles. The van der Waals surface area contributed by atoms with Crippen LogP contribution in [-0.4, -0.2) is 47.2 Å². The van der Waals surface area contributed by atoms with Crippen LogP contribution in [0.5, 0.6) is 0 Å². The van der Waals surface area contributed by atoms with Crippen LogP contribution in [0.15, 0.2) is 42.6 Å². The highest BCUT2D eigenvalue weighted by Crippen LogP contribution is 2.25. The molecule has 192 valence electrons. The Labute approximate surface area is 218 Å². The maximum absolute atomic E-state index is 13.3. The first-order valence-corrected chi connectivity index (χ1v) is 12.9. The van der Waals surface area contributed by atoms with Crippen LogP contribution in [-0.2, 0) is 23.2 Å². The molecule has 6 nitrogen and oxygen atoms in total. The molecular formula is C30H34FN5O. The van der Waals surface area contributed by atoms with E-state index < -0.39 is 18.0 Å². The predicted molar refractivity (Wildman–Crippen MR) is 145 cm³/mol. The van der Waals surface area contributed by atoms with Gasteiger partial charge >= 0.3 is 5.91 Å². The van der Waals surface area contributed by atoms with Crippen molar-refractivity contribution in [1.29, 1.82) is 5.26 Å². The summed E-state index contributed by atoms with van der Waals surface area (Å²) in [5.41, 5.74) is 3.22. The van der Waals surface area contributed by atoms with Crippen LogP contribution in [0.1, 0.15) is 50.1 Å². The lowest BCUT2D eigenvalue weighted by molar-refractivity contribution is -0.111. The SMILES string of the molecule is CN1CCC(CCc2ccc3c(c2)cc(C#CC(=O)Nc2ccc(C(C)(C)C#N)nc2)n3CCF)CC1. The second kappa shape index (κ2) is 11.6. The van der Waals surface area contributed by atoms with Gasteiger partial charge in [0.1, 0.15) is 6.67 Å². The monoisotopic (exact) mass is 499 g/mol. The Morgan fingerprint density at radius 3 is 2.68 bits per heavy atom. The van der Waals surface area contributed by atoms with Crippen molar-refractivity contribution in [3.05, 3.63) is 59.5 Å². The Hall–Kier alpha value is -3.68. The number of hydrogen-bond donors (Lipinski definition) is 1. The molecule has 37 heavy (non-hydrogen) atoms. The third-order valence-corrected chi connectivity index (χ3v) is 7.20. The minimum Gasteiger partial charge on any atom is -0.331 e. The number of likely N-dealkylation sites (tertiary alicyclic amines) is 1. The van der Waals surface area contributed by atoms with Crippen molar-refractivity contribution in [3.63, 3.8) is 0 Å². The average molecular weight is 500 g/mol. The number of nitrogens with zero attached hydrogens (tertiary/aromatic N) is 4. The number of pyridine rings is 1. The fraction of sp³-hybridized carbons (Fsp3) is 0.433. The van der Waals surface area contributed by atoms with Gasteiger partial charge in [-0.1, -0.05) is 6.07 Å². The zero-order valence-electron chi connectivity index (χ0n) is 21.9. The summed E-state index contributed by atoms with van der Waals surface area (Å²) in [6, 6.07) is 13.9. The first kappa shape index (κ1) is 26.4. The summed E-state index contributed by atoms with van der Waals surface area (Å²) >= 11 is 0. The van der Waals surface area contributed by atoms with E-state index in [9.17, 15) is 14.4 Å². The van der Waals surface area contributed by atoms with Crippen molar-refractivity contribution < 1.29 is 9.18 Å². The number of halogens is 1. The number of alkyl halides is 1. The number of benzene rings is 1. The van der Waals surface area contributed by atoms with Crippen molar-refractivity contribution in [3.8, 4) is 17.9 Å². The number of nitrogens with one attached hydrogen (secondary N) is 1. The molecule has 1 amide bonds. The van der Waals surface area contributed by atoms with Gasteiger partial charge in [-0.05, 0) is 107 Å². The van der Waals surface area contributed by atoms with E-state index in [0.29, 0.717) is 17.1 Å². The summed E-state index contributed by atoms with van der Waals surface area (Å²) in [4.78, 5) is 19.1. The molecule has 2 aromatic heterocycles. The van der Waals surface area contributed by atoms with E-state index >= 15 is 0 Å². The van der Waals surface area contributed by atoms with Gasteiger partial charge in [0.15, 0.2) is 0 Å². The van der Waals surface area contributed by atoms with Crippen LogP contribution in [0.25, 0.3) is 10.9 Å². The van der Waals surface area contributed by atoms with Gasteiger partial charge in [-0.15, -0.1) is 0 Å². The van der Waals surface area contributed by atoms with E-state index in [0.717, 1.165) is 23.2 Å². The third-order valence-electron chi connectivity index (χ3n) is 7.20. The van der Waals surface area contributed by atoms with E-state index in [1.54, 1.807) is 26.0 Å². The molecule has 0 atom stereocenters. The molecule has 7 heteroatoms. The van der Waals surface area contributed by atoms with Gasteiger partial charge in [0, 0.05) is 16.8 Å². The smallest absolute Gasteiger partial charge is 0.300 e. The summed E-state index contributed by atoms with van der Waals surface area (Å²) in [5, 5.41) is 13.0. The molecule has 0 saturated carbocycles. The van der Waals surface area contributed by atoms with Gasteiger partial charge in [0.25, 0.3) is 0 Å². The molecule has 1 aliphatic rings. The third kappa shape index (κ3) is 6.56. The Kier molecular flexibility index (Phi) is 8.26. The molecule has 0 bridgehead atoms. The molecule has 1 fully saturated rings. The van der Waals surface area contributed by atoms with E-state index in [1.165, 1.54) is 44.1 Å². The topological polar surface area (TPSA) is 74.0 Å². The van der Waals surface area contributed by atoms with Gasteiger partial charge in [-0.25, -0.2) is 4.39 Å². The second-order valence-electron chi connectivity index (χ2n) is 10.4. The molecule has 4 rings (SSSR count). The number of fused-ring (bicyclic) bond motifs is 1. The zero-order chi connectivity index (χ0) is 26.4. The minimum atomic E-state index is -0.709. The van der Waals surface area contributed by atoms with Crippen molar-refractivity contribution in [2.24, 2.45) is 5.92 Å². The number of carbonyl (C=O) groups is 1. The first-order chi connectivity index (χ1) is 17.8. The Balaban J connectivity index is 1.46. The Bertz CT molecular complexity index is 1350. The minimum absolute atomic E-state index is 0.185. The maximum atomic E-state index is 13.3. The molecule has 1 aliphatic heterocycles. The highest BCUT2D eigenvalue weighted by molar-refractivity contribution is 6.04. The molecule has 0 unspecified atom stereocenters. The molecule has 3 heterocycles. The molecular weight excluding hydrogens is 465 g/mol. The molecule has 1 aromatic carbocycles. The highest BCUT2D eigenvalue weighted by Gasteiger charge is 2.21. The van der Waals surface area contributed by atoms with Crippen molar-refractivity contribution in [2.45, 2.75) is 51.5 Å². The van der Waals surface area contributed by atoms with Crippen LogP contribution >= 0.6 is 0 Å². The lowest BCUT2D eigenvalue weighted by atomic mass is 9.90. The second-order valence-corrected chi connectivity index (χ2v) is 10.4. The number of hydrogen-bond acceptors (Lipinski definition) is 4. The summed E-state index contributed by atoms with van der Waals surface area (Å²) in [6.07, 6.45) is 6.24. The van der Waals surface area contributed by atoms with Crippen molar-refractivity contribution in [2.75, 3.05) is 32.1 Å². The number of aromatic nitrogens is 2. The fourth-order valence-corrected chi connectivity index (χ4v) is 4.80. The lowest BCUT2D eigenvalue weighted by Gasteiger charge is -2.28. The zero-order valence-corrected chi connectivity index (χ0v) is 21.9. The summed E-state index contributed by atoms with van der Waals surface area (Å²) in [7, 11) is 2.18. The van der Waals surface area contributed by atoms with E-state index in [1.807, 2.05) is 16.7 Å². The highest BCUT2D eigenvalue weighted by atomic mass is 19.1. The molecule has 0 spiro atoms. The van der Waals surface area contributed by atoms with Crippen LogP contribution in [0, 0.1) is 29.1 Å². The number of rotatable bonds is 7. The predicted octanol–water partition coefficient (Wildman–Crippen LogP) is 5.07. The van der Waals surface area contributed by atoms with Crippen LogP contribution in [0.3, 0.4) is 0 Å². The maximum Gasteiger partial charge on any atom is 0.300 e. The summed E-state index contributed by atoms with van der Waals surface area (Å²) < 4.78 is 15.2. The average Bonchev–Trinajstić information content (AvgIpc) is 3.24. The summed E-state index contributed by atoms with van der Waals surface area (Å²) in [6.45, 7) is 5.59. The van der Waals surface area contributed by atoms with Gasteiger partial charge < -0.3 is 14.8 Å². The van der Waals surface area contributed by atoms with Gasteiger partial charge in [-0.2, -0.15) is 5.26 Å². The first-order valence-electron chi connectivity index (χ1n) is 12.9. The van der Waals surface area contributed by atoms with E-state index in [-0.39, 0.29) is 6.54 Å². The number of aryl methyl sites for hydroxylation is 2. The fourth-order valence-electron chi connectivity index (χ4n) is 4.80. The Morgan fingerprint density at radius 1 is 1.22 bits per heavy atom. The standard InChI is InChI=1S/C30H34FN5O/c1-30(2,21-32)28-10-7-25(20-33-28)34-29(37)11-8-26-19-24-18-23(6-9-27(24)36(26)17-14-31)5-4-22-12-15-35(3)16-13-22/h6-7,9-10,18-20,22H,4-5,12-17H2,1-3H3,(H,34,37). The van der Waals surface area contributed by atoms with E-state index in [4.69, 9.17) is 0 Å². The van der Waals surface area contributed by atoms with Gasteiger partial charge in [0.05, 0.1) is 41.3 Å². The normalized spacial score (nSPS) is 14.7. The number of piperidine rings is 1. The molecule has 1 N–H and O–H groups in total. The number of nitriles is 1. The van der Waals surface area contributed by atoms with Crippen molar-refractivity contribution in [1.82, 2.24) is 14.5 Å². The quantitative estimate of drug-likeness (QED) is 0.461. The number of anilines is 1. The van der Waals surface area contributed by atoms with Crippen LogP contribution < -0.4 is 5.32 Å². The molecule has 1 saturated heterocycles. The van der Waals surface area contributed by atoms with Gasteiger partial charge in [-0.3, -0.25) is 9.78 Å². The Morgan fingerprint density at radius 2 is 2.00 bits per heavy atom. The lowest BCUT2D eigenvalue weighted by Crippen LogP contribution is -2.30. The summed E-state index contributed by atoms with van der Waals surface area (Å²) in [5.74, 6) is 5.84. The van der Waals surface area contributed by atoms with Crippen molar-refractivity contribution >= 4 is 22.5 Å². The number of amides is 1. The van der Waals surface area contributed by atoms with Crippen LogP contribution in [0.4, 0.5) is 10.1 Å².